The Morgan fingerprint density at radius 1 is 1.22 bits per heavy atom. The number of anilines is 1. The van der Waals surface area contributed by atoms with Crippen LogP contribution >= 0.6 is 11.3 Å². The van der Waals surface area contributed by atoms with E-state index in [4.69, 9.17) is 5.73 Å². The van der Waals surface area contributed by atoms with E-state index < -0.39 is 0 Å². The van der Waals surface area contributed by atoms with E-state index in [1.165, 1.54) is 11.3 Å². The fourth-order valence-corrected chi connectivity index (χ4v) is 2.76. The van der Waals surface area contributed by atoms with Gasteiger partial charge in [-0.1, -0.05) is 41.7 Å². The van der Waals surface area contributed by atoms with E-state index in [1.807, 2.05) is 48.1 Å². The van der Waals surface area contributed by atoms with Gasteiger partial charge in [-0.3, -0.25) is 0 Å². The Balaban J connectivity index is 2.20. The molecule has 2 heterocycles. The van der Waals surface area contributed by atoms with Crippen molar-refractivity contribution < 1.29 is 0 Å². The Morgan fingerprint density at radius 3 is 2.67 bits per heavy atom. The van der Waals surface area contributed by atoms with E-state index in [0.717, 1.165) is 22.0 Å². The van der Waals surface area contributed by atoms with Gasteiger partial charge in [0.15, 0.2) is 11.0 Å². The zero-order chi connectivity index (χ0) is 12.5. The molecule has 2 N–H and O–H groups in total. The fourth-order valence-electron chi connectivity index (χ4n) is 1.86. The molecule has 0 unspecified atom stereocenters. The first-order chi connectivity index (χ1) is 8.75. The highest BCUT2D eigenvalue weighted by atomic mass is 32.1. The third-order valence-corrected chi connectivity index (χ3v) is 3.60. The van der Waals surface area contributed by atoms with Crippen molar-refractivity contribution in [3.05, 3.63) is 42.7 Å². The number of aromatic nitrogens is 3. The summed E-state index contributed by atoms with van der Waals surface area (Å²) < 4.78 is 1.97. The van der Waals surface area contributed by atoms with Crippen molar-refractivity contribution >= 4 is 16.5 Å². The number of imidazole rings is 1. The topological polar surface area (TPSA) is 56.7 Å². The van der Waals surface area contributed by atoms with Crippen LogP contribution in [0.3, 0.4) is 0 Å². The molecule has 0 aliphatic rings. The van der Waals surface area contributed by atoms with Gasteiger partial charge < -0.3 is 10.3 Å². The highest BCUT2D eigenvalue weighted by molar-refractivity contribution is 7.19. The third-order valence-electron chi connectivity index (χ3n) is 2.72. The summed E-state index contributed by atoms with van der Waals surface area (Å²) in [7, 11) is 1.97. The average Bonchev–Trinajstić information content (AvgIpc) is 2.96. The second-order valence-electron chi connectivity index (χ2n) is 3.96. The molecule has 0 spiro atoms. The van der Waals surface area contributed by atoms with Gasteiger partial charge in [-0.05, 0) is 0 Å². The number of thiazole rings is 1. The van der Waals surface area contributed by atoms with Gasteiger partial charge in [-0.25, -0.2) is 9.97 Å². The number of nitrogens with two attached hydrogens (primary N) is 1. The molecule has 0 radical (unpaired) electrons. The van der Waals surface area contributed by atoms with E-state index in [1.54, 1.807) is 6.20 Å². The lowest BCUT2D eigenvalue weighted by Crippen LogP contribution is -1.91. The van der Waals surface area contributed by atoms with Crippen LogP contribution in [0.1, 0.15) is 0 Å². The molecule has 3 aromatic rings. The molecule has 2 aromatic heterocycles. The summed E-state index contributed by atoms with van der Waals surface area (Å²) in [5, 5.41) is 0.562. The summed E-state index contributed by atoms with van der Waals surface area (Å²) in [5.41, 5.74) is 7.80. The molecule has 0 saturated carbocycles. The van der Waals surface area contributed by atoms with Crippen LogP contribution in [-0.2, 0) is 7.05 Å². The van der Waals surface area contributed by atoms with Gasteiger partial charge in [0.05, 0.1) is 10.6 Å². The van der Waals surface area contributed by atoms with E-state index in [0.29, 0.717) is 5.13 Å². The van der Waals surface area contributed by atoms with Gasteiger partial charge >= 0.3 is 0 Å². The molecule has 0 amide bonds. The number of rotatable bonds is 2. The van der Waals surface area contributed by atoms with Crippen LogP contribution < -0.4 is 5.73 Å². The first-order valence-corrected chi connectivity index (χ1v) is 6.37. The van der Waals surface area contributed by atoms with Crippen molar-refractivity contribution in [3.8, 4) is 22.0 Å². The highest BCUT2D eigenvalue weighted by Gasteiger charge is 2.16. The summed E-state index contributed by atoms with van der Waals surface area (Å²) in [5.74, 6) is 0.892. The molecular formula is C13H12N4S. The van der Waals surface area contributed by atoms with Crippen LogP contribution in [0.25, 0.3) is 22.0 Å². The van der Waals surface area contributed by atoms with Crippen molar-refractivity contribution in [2.75, 3.05) is 5.73 Å². The molecular weight excluding hydrogens is 244 g/mol. The van der Waals surface area contributed by atoms with Crippen molar-refractivity contribution in [1.82, 2.24) is 14.5 Å². The second kappa shape index (κ2) is 4.27. The van der Waals surface area contributed by atoms with Crippen molar-refractivity contribution in [2.45, 2.75) is 0 Å². The van der Waals surface area contributed by atoms with Gasteiger partial charge in [-0.15, -0.1) is 0 Å². The quantitative estimate of drug-likeness (QED) is 0.767. The number of nitrogen functional groups attached to an aromatic ring is 1. The first-order valence-electron chi connectivity index (χ1n) is 5.55. The Morgan fingerprint density at radius 2 is 2.00 bits per heavy atom. The molecule has 90 valence electrons. The third kappa shape index (κ3) is 1.78. The largest absolute Gasteiger partial charge is 0.375 e. The van der Waals surface area contributed by atoms with Crippen LogP contribution in [-0.4, -0.2) is 14.5 Å². The van der Waals surface area contributed by atoms with Gasteiger partial charge in [0.2, 0.25) is 0 Å². The number of hydrogen-bond donors (Lipinski definition) is 1. The second-order valence-corrected chi connectivity index (χ2v) is 4.99. The lowest BCUT2D eigenvalue weighted by molar-refractivity contribution is 0.927. The maximum atomic E-state index is 5.84. The van der Waals surface area contributed by atoms with Crippen LogP contribution in [0.5, 0.6) is 0 Å². The van der Waals surface area contributed by atoms with Crippen LogP contribution in [0.2, 0.25) is 0 Å². The number of benzene rings is 1. The van der Waals surface area contributed by atoms with Crippen molar-refractivity contribution in [2.24, 2.45) is 7.05 Å². The molecule has 1 aromatic carbocycles. The number of hydrogen-bond acceptors (Lipinski definition) is 4. The maximum absolute atomic E-state index is 5.84. The van der Waals surface area contributed by atoms with Crippen LogP contribution in [0, 0.1) is 0 Å². The summed E-state index contributed by atoms with van der Waals surface area (Å²) >= 11 is 1.46. The zero-order valence-electron chi connectivity index (χ0n) is 9.87. The van der Waals surface area contributed by atoms with Crippen LogP contribution in [0.4, 0.5) is 5.13 Å². The molecule has 0 aliphatic heterocycles. The van der Waals surface area contributed by atoms with Gasteiger partial charge in [0.1, 0.15) is 0 Å². The van der Waals surface area contributed by atoms with E-state index >= 15 is 0 Å². The molecule has 18 heavy (non-hydrogen) atoms. The number of aryl methyl sites for hydroxylation is 1. The smallest absolute Gasteiger partial charge is 0.181 e. The Bertz CT molecular complexity index is 669. The highest BCUT2D eigenvalue weighted by Crippen LogP contribution is 2.36. The SMILES string of the molecule is Cn1ccnc1-c1sc(N)nc1-c1ccccc1. The predicted molar refractivity (Wildman–Crippen MR) is 74.2 cm³/mol. The van der Waals surface area contributed by atoms with Crippen molar-refractivity contribution in [3.63, 3.8) is 0 Å². The average molecular weight is 256 g/mol. The summed E-state index contributed by atoms with van der Waals surface area (Å²) in [6.45, 7) is 0. The van der Waals surface area contributed by atoms with Gasteiger partial charge in [0, 0.05) is 25.0 Å². The van der Waals surface area contributed by atoms with E-state index in [2.05, 4.69) is 9.97 Å². The fraction of sp³-hybridized carbons (Fsp3) is 0.0769. The predicted octanol–water partition coefficient (Wildman–Crippen LogP) is 2.79. The summed E-state index contributed by atoms with van der Waals surface area (Å²) in [6.07, 6.45) is 3.69. The van der Waals surface area contributed by atoms with Gasteiger partial charge in [0.25, 0.3) is 0 Å². The molecule has 0 saturated heterocycles. The summed E-state index contributed by atoms with van der Waals surface area (Å²) in [4.78, 5) is 9.79. The molecule has 0 atom stereocenters. The molecule has 0 aliphatic carbocycles. The zero-order valence-corrected chi connectivity index (χ0v) is 10.7. The lowest BCUT2D eigenvalue weighted by atomic mass is 10.1. The van der Waals surface area contributed by atoms with Gasteiger partial charge in [-0.2, -0.15) is 0 Å². The minimum Gasteiger partial charge on any atom is -0.375 e. The Labute approximate surface area is 109 Å². The standard InChI is InChI=1S/C13H12N4S/c1-17-8-7-15-12(17)11-10(16-13(14)18-11)9-5-3-2-4-6-9/h2-8H,1H3,(H2,14,16). The molecule has 0 bridgehead atoms. The van der Waals surface area contributed by atoms with Crippen molar-refractivity contribution in [1.29, 1.82) is 0 Å². The molecule has 4 nitrogen and oxygen atoms in total. The first kappa shape index (κ1) is 11.0. The number of nitrogens with zero attached hydrogens (tertiary/aromatic N) is 3. The lowest BCUT2D eigenvalue weighted by Gasteiger charge is -2.02. The molecule has 5 heteroatoms. The molecule has 3 rings (SSSR count). The monoisotopic (exact) mass is 256 g/mol. The minimum atomic E-state index is 0.562. The normalized spacial score (nSPS) is 10.7. The maximum Gasteiger partial charge on any atom is 0.181 e. The van der Waals surface area contributed by atoms with Crippen LogP contribution in [0.15, 0.2) is 42.7 Å². The minimum absolute atomic E-state index is 0.562. The Hall–Kier alpha value is -2.14. The Kier molecular flexibility index (Phi) is 2.60. The van der Waals surface area contributed by atoms with E-state index in [9.17, 15) is 0 Å². The summed E-state index contributed by atoms with van der Waals surface area (Å²) in [6, 6.07) is 10.0. The molecule has 0 fully saturated rings. The van der Waals surface area contributed by atoms with E-state index in [-0.39, 0.29) is 0 Å².